The predicted molar refractivity (Wildman–Crippen MR) is 65.0 cm³/mol. The zero-order valence-corrected chi connectivity index (χ0v) is 11.2. The SMILES string of the molecule is CC(C)O[P@]1OC[C@@H]2CN1C1CCCC[C@@H]12. The lowest BCUT2D eigenvalue weighted by molar-refractivity contribution is 0.135. The fraction of sp³-hybridized carbons (Fsp3) is 1.00. The molecule has 3 nitrogen and oxygen atoms in total. The molecule has 2 heterocycles. The van der Waals surface area contributed by atoms with Gasteiger partial charge in [-0.05, 0) is 32.6 Å². The zero-order chi connectivity index (χ0) is 11.1. The van der Waals surface area contributed by atoms with Gasteiger partial charge in [0.2, 0.25) is 0 Å². The second-order valence-electron chi connectivity index (χ2n) is 5.59. The number of hydrogen-bond acceptors (Lipinski definition) is 3. The maximum Gasteiger partial charge on any atom is 0.259 e. The van der Waals surface area contributed by atoms with E-state index in [1.165, 1.54) is 32.2 Å². The van der Waals surface area contributed by atoms with E-state index in [2.05, 4.69) is 18.5 Å². The molecule has 0 spiro atoms. The van der Waals surface area contributed by atoms with Crippen LogP contribution in [0.5, 0.6) is 0 Å². The standard InChI is InChI=1S/C12H22NO2P/c1-9(2)15-16-13-7-10(8-14-16)11-5-3-4-6-12(11)13/h9-12H,3-8H2,1-2H3/t10-,11+,12?,16-/m0/s1. The molecule has 4 heteroatoms. The van der Waals surface area contributed by atoms with Crippen LogP contribution in [-0.4, -0.2) is 30.0 Å². The first-order chi connectivity index (χ1) is 7.75. The van der Waals surface area contributed by atoms with Crippen LogP contribution in [0.2, 0.25) is 0 Å². The van der Waals surface area contributed by atoms with E-state index < -0.39 is 8.53 Å². The molecule has 2 unspecified atom stereocenters. The minimum absolute atomic E-state index is 0.283. The van der Waals surface area contributed by atoms with Crippen molar-refractivity contribution in [2.45, 2.75) is 51.7 Å². The molecule has 2 bridgehead atoms. The monoisotopic (exact) mass is 243 g/mol. The van der Waals surface area contributed by atoms with Crippen LogP contribution < -0.4 is 0 Å². The van der Waals surface area contributed by atoms with Crippen LogP contribution in [0, 0.1) is 11.8 Å². The van der Waals surface area contributed by atoms with Crippen molar-refractivity contribution in [3.63, 3.8) is 0 Å². The minimum Gasteiger partial charge on any atom is -0.322 e. The van der Waals surface area contributed by atoms with Crippen LogP contribution in [0.3, 0.4) is 0 Å². The first-order valence-electron chi connectivity index (χ1n) is 6.62. The Morgan fingerprint density at radius 1 is 1.31 bits per heavy atom. The van der Waals surface area contributed by atoms with Crippen LogP contribution in [0.15, 0.2) is 0 Å². The first kappa shape index (κ1) is 11.4. The average Bonchev–Trinajstić information content (AvgIpc) is 2.58. The molecule has 1 aliphatic carbocycles. The lowest BCUT2D eigenvalue weighted by Crippen LogP contribution is -2.32. The van der Waals surface area contributed by atoms with Gasteiger partial charge in [0.1, 0.15) is 0 Å². The minimum atomic E-state index is -0.743. The Kier molecular flexibility index (Phi) is 3.23. The summed E-state index contributed by atoms with van der Waals surface area (Å²) in [4.78, 5) is 0. The average molecular weight is 243 g/mol. The number of hydrogen-bond donors (Lipinski definition) is 0. The van der Waals surface area contributed by atoms with Gasteiger partial charge in [0.25, 0.3) is 8.53 Å². The maximum absolute atomic E-state index is 5.94. The molecule has 2 aliphatic heterocycles. The molecule has 0 aromatic heterocycles. The van der Waals surface area contributed by atoms with E-state index in [1.807, 2.05) is 0 Å². The van der Waals surface area contributed by atoms with E-state index in [4.69, 9.17) is 9.05 Å². The van der Waals surface area contributed by atoms with E-state index in [0.29, 0.717) is 0 Å². The molecule has 0 aromatic carbocycles. The van der Waals surface area contributed by atoms with Crippen LogP contribution in [0.25, 0.3) is 0 Å². The van der Waals surface area contributed by atoms with Crippen molar-refractivity contribution in [3.05, 3.63) is 0 Å². The highest BCUT2D eigenvalue weighted by Crippen LogP contribution is 2.58. The second kappa shape index (κ2) is 4.53. The normalized spacial score (nSPS) is 47.1. The summed E-state index contributed by atoms with van der Waals surface area (Å²) in [5.41, 5.74) is 0. The molecular formula is C12H22NO2P. The van der Waals surface area contributed by atoms with Gasteiger partial charge in [0, 0.05) is 18.5 Å². The van der Waals surface area contributed by atoms with E-state index in [9.17, 15) is 0 Å². The molecule has 1 saturated carbocycles. The number of fused-ring (bicyclic) bond motifs is 5. The molecule has 3 aliphatic rings. The van der Waals surface area contributed by atoms with Gasteiger partial charge in [0.15, 0.2) is 0 Å². The summed E-state index contributed by atoms with van der Waals surface area (Å²) in [6, 6.07) is 0.770. The van der Waals surface area contributed by atoms with Gasteiger partial charge in [-0.2, -0.15) is 0 Å². The second-order valence-corrected chi connectivity index (χ2v) is 7.04. The van der Waals surface area contributed by atoms with Crippen molar-refractivity contribution in [2.75, 3.05) is 13.2 Å². The lowest BCUT2D eigenvalue weighted by Gasteiger charge is -2.35. The van der Waals surface area contributed by atoms with Crippen molar-refractivity contribution < 1.29 is 9.05 Å². The van der Waals surface area contributed by atoms with Crippen molar-refractivity contribution in [1.29, 1.82) is 0 Å². The number of rotatable bonds is 2. The molecule has 3 fully saturated rings. The van der Waals surface area contributed by atoms with E-state index in [1.54, 1.807) is 0 Å². The smallest absolute Gasteiger partial charge is 0.259 e. The Balaban J connectivity index is 1.73. The molecule has 0 N–H and O–H groups in total. The summed E-state index contributed by atoms with van der Waals surface area (Å²) >= 11 is 0. The molecule has 3 rings (SSSR count). The summed E-state index contributed by atoms with van der Waals surface area (Å²) in [5.74, 6) is 1.69. The fourth-order valence-electron chi connectivity index (χ4n) is 3.44. The molecule has 0 aromatic rings. The van der Waals surface area contributed by atoms with E-state index >= 15 is 0 Å². The highest BCUT2D eigenvalue weighted by Gasteiger charge is 2.50. The molecular weight excluding hydrogens is 221 g/mol. The van der Waals surface area contributed by atoms with Crippen LogP contribution in [0.1, 0.15) is 39.5 Å². The van der Waals surface area contributed by atoms with Crippen molar-refractivity contribution >= 4 is 8.53 Å². The van der Waals surface area contributed by atoms with Gasteiger partial charge in [-0.1, -0.05) is 12.8 Å². The third kappa shape index (κ3) is 1.92. The Morgan fingerprint density at radius 2 is 2.12 bits per heavy atom. The third-order valence-electron chi connectivity index (χ3n) is 4.10. The van der Waals surface area contributed by atoms with Gasteiger partial charge in [-0.25, -0.2) is 4.67 Å². The van der Waals surface area contributed by atoms with Gasteiger partial charge >= 0.3 is 0 Å². The molecule has 2 saturated heterocycles. The molecule has 16 heavy (non-hydrogen) atoms. The zero-order valence-electron chi connectivity index (χ0n) is 10.3. The third-order valence-corrected chi connectivity index (χ3v) is 5.95. The Hall–Kier alpha value is 0.310. The van der Waals surface area contributed by atoms with Gasteiger partial charge in [-0.3, -0.25) is 0 Å². The van der Waals surface area contributed by atoms with E-state index in [0.717, 1.165) is 24.5 Å². The summed E-state index contributed by atoms with van der Waals surface area (Å²) in [5, 5.41) is 0. The quantitative estimate of drug-likeness (QED) is 0.695. The molecule has 0 radical (unpaired) electrons. The van der Waals surface area contributed by atoms with Gasteiger partial charge in [-0.15, -0.1) is 0 Å². The first-order valence-corrected chi connectivity index (χ1v) is 7.75. The largest absolute Gasteiger partial charge is 0.322 e. The van der Waals surface area contributed by atoms with Crippen molar-refractivity contribution in [2.24, 2.45) is 11.8 Å². The molecule has 92 valence electrons. The van der Waals surface area contributed by atoms with Crippen LogP contribution in [-0.2, 0) is 9.05 Å². The topological polar surface area (TPSA) is 21.7 Å². The molecule has 5 atom stereocenters. The molecule has 0 amide bonds. The van der Waals surface area contributed by atoms with Crippen molar-refractivity contribution in [1.82, 2.24) is 4.67 Å². The highest BCUT2D eigenvalue weighted by atomic mass is 31.2. The summed E-state index contributed by atoms with van der Waals surface area (Å²) in [7, 11) is -0.743. The summed E-state index contributed by atoms with van der Waals surface area (Å²) < 4.78 is 14.4. The lowest BCUT2D eigenvalue weighted by atomic mass is 9.80. The maximum atomic E-state index is 5.94. The Morgan fingerprint density at radius 3 is 2.94 bits per heavy atom. The summed E-state index contributed by atoms with van der Waals surface area (Å²) in [6.45, 7) is 6.38. The predicted octanol–water partition coefficient (Wildman–Crippen LogP) is 3.16. The van der Waals surface area contributed by atoms with Gasteiger partial charge < -0.3 is 9.05 Å². The number of nitrogens with zero attached hydrogens (tertiary/aromatic N) is 1. The van der Waals surface area contributed by atoms with Crippen LogP contribution in [0.4, 0.5) is 0 Å². The fourth-order valence-corrected chi connectivity index (χ4v) is 5.32. The van der Waals surface area contributed by atoms with Gasteiger partial charge in [0.05, 0.1) is 12.7 Å². The van der Waals surface area contributed by atoms with Crippen LogP contribution >= 0.6 is 8.53 Å². The highest BCUT2D eigenvalue weighted by molar-refractivity contribution is 7.44. The Bertz CT molecular complexity index is 261. The van der Waals surface area contributed by atoms with Crippen molar-refractivity contribution in [3.8, 4) is 0 Å². The van der Waals surface area contributed by atoms with E-state index in [-0.39, 0.29) is 6.10 Å². The Labute approximate surface area is 99.5 Å². The summed E-state index contributed by atoms with van der Waals surface area (Å²) in [6.07, 6.45) is 5.89.